The third-order valence-electron chi connectivity index (χ3n) is 3.01. The molecule has 0 spiro atoms. The van der Waals surface area contributed by atoms with E-state index in [4.69, 9.17) is 0 Å². The Labute approximate surface area is 81.2 Å². The second kappa shape index (κ2) is 2.98. The molecule has 0 amide bonds. The topological polar surface area (TPSA) is 20.2 Å². The van der Waals surface area contributed by atoms with E-state index in [1.807, 2.05) is 12.2 Å². The van der Waals surface area contributed by atoms with Crippen molar-refractivity contribution >= 4 is 0 Å². The summed E-state index contributed by atoms with van der Waals surface area (Å²) in [4.78, 5) is 0. The molecule has 1 heteroatoms. The van der Waals surface area contributed by atoms with Gasteiger partial charge in [-0.05, 0) is 12.3 Å². The molecule has 0 aliphatic heterocycles. The highest BCUT2D eigenvalue weighted by Crippen LogP contribution is 2.40. The quantitative estimate of drug-likeness (QED) is 0.607. The van der Waals surface area contributed by atoms with Crippen molar-refractivity contribution in [1.29, 1.82) is 0 Å². The maximum Gasteiger partial charge on any atom is 0.0938 e. The van der Waals surface area contributed by atoms with Crippen LogP contribution in [-0.2, 0) is 0 Å². The molecule has 1 rings (SSSR count). The summed E-state index contributed by atoms with van der Waals surface area (Å²) in [5.74, 6) is 0.192. The molecule has 0 heterocycles. The smallest absolute Gasteiger partial charge is 0.0938 e. The Kier molecular flexibility index (Phi) is 2.42. The van der Waals surface area contributed by atoms with E-state index >= 15 is 0 Å². The average molecular weight is 180 g/mol. The van der Waals surface area contributed by atoms with E-state index in [1.54, 1.807) is 0 Å². The minimum absolute atomic E-state index is 0.111. The number of hydrogen-bond donors (Lipinski definition) is 1. The standard InChI is InChI=1S/C12H20O/c1-9-6-7-12(13,10(2)8-9)11(3,4)5/h6-8,10,13H,1-5H3. The lowest BCUT2D eigenvalue weighted by Gasteiger charge is -2.43. The van der Waals surface area contributed by atoms with Crippen LogP contribution in [-0.4, -0.2) is 10.7 Å². The molecular weight excluding hydrogens is 160 g/mol. The van der Waals surface area contributed by atoms with E-state index < -0.39 is 5.60 Å². The Morgan fingerprint density at radius 1 is 1.38 bits per heavy atom. The summed E-state index contributed by atoms with van der Waals surface area (Å²) in [5.41, 5.74) is 0.425. The van der Waals surface area contributed by atoms with Crippen LogP contribution in [0, 0.1) is 11.3 Å². The van der Waals surface area contributed by atoms with Crippen molar-refractivity contribution < 1.29 is 5.11 Å². The van der Waals surface area contributed by atoms with Gasteiger partial charge in [0.2, 0.25) is 0 Å². The van der Waals surface area contributed by atoms with Gasteiger partial charge in [-0.3, -0.25) is 0 Å². The van der Waals surface area contributed by atoms with Gasteiger partial charge in [0.15, 0.2) is 0 Å². The van der Waals surface area contributed by atoms with Gasteiger partial charge >= 0.3 is 0 Å². The van der Waals surface area contributed by atoms with Gasteiger partial charge in [-0.15, -0.1) is 0 Å². The Bertz CT molecular complexity index is 255. The van der Waals surface area contributed by atoms with Gasteiger partial charge in [-0.2, -0.15) is 0 Å². The minimum atomic E-state index is -0.702. The van der Waals surface area contributed by atoms with Crippen LogP contribution in [0.25, 0.3) is 0 Å². The fourth-order valence-corrected chi connectivity index (χ4v) is 1.92. The highest BCUT2D eigenvalue weighted by atomic mass is 16.3. The maximum absolute atomic E-state index is 10.5. The molecule has 0 saturated heterocycles. The fraction of sp³-hybridized carbons (Fsp3) is 0.667. The molecule has 0 aromatic heterocycles. The molecule has 0 aromatic rings. The number of aliphatic hydroxyl groups is 1. The molecule has 0 saturated carbocycles. The molecule has 74 valence electrons. The first kappa shape index (κ1) is 10.5. The van der Waals surface area contributed by atoms with Gasteiger partial charge in [-0.25, -0.2) is 0 Å². The van der Waals surface area contributed by atoms with Gasteiger partial charge in [-0.1, -0.05) is 51.5 Å². The van der Waals surface area contributed by atoms with Crippen molar-refractivity contribution in [3.05, 3.63) is 23.8 Å². The van der Waals surface area contributed by atoms with Crippen molar-refractivity contribution in [3.63, 3.8) is 0 Å². The van der Waals surface area contributed by atoms with Crippen LogP contribution >= 0.6 is 0 Å². The molecule has 2 unspecified atom stereocenters. The molecule has 13 heavy (non-hydrogen) atoms. The SMILES string of the molecule is CC1=CC(C)C(O)(C(C)(C)C)C=C1. The zero-order valence-electron chi connectivity index (χ0n) is 9.26. The molecular formula is C12H20O. The summed E-state index contributed by atoms with van der Waals surface area (Å²) >= 11 is 0. The van der Waals surface area contributed by atoms with Gasteiger partial charge < -0.3 is 5.11 Å². The van der Waals surface area contributed by atoms with E-state index in [2.05, 4.69) is 40.7 Å². The second-order valence-corrected chi connectivity index (χ2v) is 5.11. The van der Waals surface area contributed by atoms with Crippen LogP contribution in [0.4, 0.5) is 0 Å². The van der Waals surface area contributed by atoms with Gasteiger partial charge in [0.25, 0.3) is 0 Å². The summed E-state index contributed by atoms with van der Waals surface area (Å²) in [7, 11) is 0. The van der Waals surface area contributed by atoms with Crippen molar-refractivity contribution in [3.8, 4) is 0 Å². The van der Waals surface area contributed by atoms with E-state index in [9.17, 15) is 5.11 Å². The minimum Gasteiger partial charge on any atom is -0.385 e. The van der Waals surface area contributed by atoms with Crippen molar-refractivity contribution in [1.82, 2.24) is 0 Å². The molecule has 1 aliphatic rings. The Balaban J connectivity index is 3.03. The predicted molar refractivity (Wildman–Crippen MR) is 56.5 cm³/mol. The highest BCUT2D eigenvalue weighted by molar-refractivity contribution is 5.29. The molecule has 0 aromatic carbocycles. The largest absolute Gasteiger partial charge is 0.385 e. The van der Waals surface area contributed by atoms with Crippen LogP contribution in [0.1, 0.15) is 34.6 Å². The molecule has 0 radical (unpaired) electrons. The van der Waals surface area contributed by atoms with Crippen molar-refractivity contribution in [2.45, 2.75) is 40.2 Å². The highest BCUT2D eigenvalue weighted by Gasteiger charge is 2.42. The molecule has 0 bridgehead atoms. The summed E-state index contributed by atoms with van der Waals surface area (Å²) < 4.78 is 0. The summed E-state index contributed by atoms with van der Waals surface area (Å²) in [6, 6.07) is 0. The van der Waals surface area contributed by atoms with Crippen LogP contribution in [0.3, 0.4) is 0 Å². The fourth-order valence-electron chi connectivity index (χ4n) is 1.92. The summed E-state index contributed by atoms with van der Waals surface area (Å²) in [6.07, 6.45) is 6.07. The van der Waals surface area contributed by atoms with Crippen LogP contribution in [0.2, 0.25) is 0 Å². The third-order valence-corrected chi connectivity index (χ3v) is 3.01. The van der Waals surface area contributed by atoms with Gasteiger partial charge in [0.1, 0.15) is 0 Å². The lowest BCUT2D eigenvalue weighted by atomic mass is 9.67. The van der Waals surface area contributed by atoms with Crippen LogP contribution < -0.4 is 0 Å². The third kappa shape index (κ3) is 1.71. The monoisotopic (exact) mass is 180 g/mol. The van der Waals surface area contributed by atoms with Crippen molar-refractivity contribution in [2.24, 2.45) is 11.3 Å². The average Bonchev–Trinajstić information content (AvgIpc) is 1.95. The van der Waals surface area contributed by atoms with Crippen LogP contribution in [0.5, 0.6) is 0 Å². The lowest BCUT2D eigenvalue weighted by Crippen LogP contribution is -2.47. The molecule has 1 nitrogen and oxygen atoms in total. The van der Waals surface area contributed by atoms with Crippen LogP contribution in [0.15, 0.2) is 23.8 Å². The Hall–Kier alpha value is -0.560. The first-order valence-electron chi connectivity index (χ1n) is 4.87. The Morgan fingerprint density at radius 3 is 2.31 bits per heavy atom. The number of rotatable bonds is 0. The second-order valence-electron chi connectivity index (χ2n) is 5.11. The van der Waals surface area contributed by atoms with Gasteiger partial charge in [0.05, 0.1) is 5.60 Å². The first-order chi connectivity index (χ1) is 5.77. The van der Waals surface area contributed by atoms with E-state index in [-0.39, 0.29) is 11.3 Å². The van der Waals surface area contributed by atoms with E-state index in [0.717, 1.165) is 0 Å². The number of allylic oxidation sites excluding steroid dienone is 2. The van der Waals surface area contributed by atoms with E-state index in [0.29, 0.717) is 0 Å². The maximum atomic E-state index is 10.5. The first-order valence-corrected chi connectivity index (χ1v) is 4.87. The molecule has 0 fully saturated rings. The number of hydrogen-bond acceptors (Lipinski definition) is 1. The zero-order valence-corrected chi connectivity index (χ0v) is 9.26. The summed E-state index contributed by atoms with van der Waals surface area (Å²) in [6.45, 7) is 10.3. The Morgan fingerprint density at radius 2 is 1.92 bits per heavy atom. The molecule has 1 aliphatic carbocycles. The zero-order chi connectivity index (χ0) is 10.3. The van der Waals surface area contributed by atoms with Gasteiger partial charge in [0, 0.05) is 5.92 Å². The normalized spacial score (nSPS) is 34.6. The summed E-state index contributed by atoms with van der Waals surface area (Å²) in [5, 5.41) is 10.5. The molecule has 2 atom stereocenters. The van der Waals surface area contributed by atoms with E-state index in [1.165, 1.54) is 5.57 Å². The lowest BCUT2D eigenvalue weighted by molar-refractivity contribution is -0.0442. The van der Waals surface area contributed by atoms with Crippen molar-refractivity contribution in [2.75, 3.05) is 0 Å². The predicted octanol–water partition coefficient (Wildman–Crippen LogP) is 2.92. The molecule has 1 N–H and O–H groups in total.